The summed E-state index contributed by atoms with van der Waals surface area (Å²) in [5, 5.41) is 2.82. The molecule has 1 heterocycles. The van der Waals surface area contributed by atoms with Crippen LogP contribution in [0.25, 0.3) is 0 Å². The quantitative estimate of drug-likeness (QED) is 0.921. The second kappa shape index (κ2) is 8.04. The van der Waals surface area contributed by atoms with E-state index in [1.807, 2.05) is 51.1 Å². The van der Waals surface area contributed by atoms with E-state index in [9.17, 15) is 9.59 Å². The minimum absolute atomic E-state index is 0.113. The number of benzene rings is 1. The molecular weight excluding hydrogens is 308 g/mol. The van der Waals surface area contributed by atoms with Crippen LogP contribution in [0.2, 0.25) is 0 Å². The average molecular weight is 334 g/mol. The van der Waals surface area contributed by atoms with E-state index in [2.05, 4.69) is 5.32 Å². The van der Waals surface area contributed by atoms with E-state index >= 15 is 0 Å². The molecule has 132 valence electrons. The fraction of sp³-hybridized carbons (Fsp3) is 0.556. The van der Waals surface area contributed by atoms with E-state index in [1.165, 1.54) is 0 Å². The van der Waals surface area contributed by atoms with Crippen molar-refractivity contribution < 1.29 is 19.1 Å². The molecule has 0 saturated carbocycles. The highest BCUT2D eigenvalue weighted by Crippen LogP contribution is 2.14. The monoisotopic (exact) mass is 334 g/mol. The van der Waals surface area contributed by atoms with Gasteiger partial charge in [-0.3, -0.25) is 0 Å². The summed E-state index contributed by atoms with van der Waals surface area (Å²) in [6.07, 6.45) is 0.837. The van der Waals surface area contributed by atoms with E-state index in [0.29, 0.717) is 13.1 Å². The lowest BCUT2D eigenvalue weighted by Gasteiger charge is -2.33. The van der Waals surface area contributed by atoms with Gasteiger partial charge in [0.2, 0.25) is 0 Å². The number of carbonyl (C=O) groups excluding carboxylic acids is 2. The van der Waals surface area contributed by atoms with Crippen LogP contribution in [0.4, 0.5) is 9.59 Å². The van der Waals surface area contributed by atoms with Gasteiger partial charge in [-0.25, -0.2) is 9.59 Å². The molecule has 1 aliphatic rings. The van der Waals surface area contributed by atoms with Gasteiger partial charge in [-0.2, -0.15) is 0 Å². The summed E-state index contributed by atoms with van der Waals surface area (Å²) in [5.74, 6) is 0. The molecule has 0 aliphatic carbocycles. The lowest BCUT2D eigenvalue weighted by Crippen LogP contribution is -2.50. The Morgan fingerprint density at radius 3 is 2.62 bits per heavy atom. The molecule has 6 heteroatoms. The first-order chi connectivity index (χ1) is 11.3. The van der Waals surface area contributed by atoms with Crippen molar-refractivity contribution in [1.29, 1.82) is 0 Å². The number of amides is 2. The molecule has 24 heavy (non-hydrogen) atoms. The highest BCUT2D eigenvalue weighted by atomic mass is 16.6. The van der Waals surface area contributed by atoms with Crippen LogP contribution in [0.3, 0.4) is 0 Å². The molecule has 1 aromatic rings. The van der Waals surface area contributed by atoms with Crippen molar-refractivity contribution in [3.05, 3.63) is 35.9 Å². The summed E-state index contributed by atoms with van der Waals surface area (Å²) in [4.78, 5) is 25.7. The molecule has 2 amide bonds. The highest BCUT2D eigenvalue weighted by molar-refractivity contribution is 5.69. The third-order valence-corrected chi connectivity index (χ3v) is 3.61. The summed E-state index contributed by atoms with van der Waals surface area (Å²) in [5.41, 5.74) is 0.416. The number of hydrogen-bond donors (Lipinski definition) is 1. The lowest BCUT2D eigenvalue weighted by molar-refractivity contribution is 0.0450. The van der Waals surface area contributed by atoms with Crippen LogP contribution in [-0.4, -0.2) is 41.8 Å². The predicted molar refractivity (Wildman–Crippen MR) is 90.6 cm³/mol. The number of alkyl carbamates (subject to hydrolysis) is 1. The van der Waals surface area contributed by atoms with E-state index in [0.717, 1.165) is 18.4 Å². The number of piperidine rings is 1. The third kappa shape index (κ3) is 6.10. The van der Waals surface area contributed by atoms with Gasteiger partial charge in [0.05, 0.1) is 0 Å². The highest BCUT2D eigenvalue weighted by Gasteiger charge is 2.27. The fourth-order valence-corrected chi connectivity index (χ4v) is 2.55. The van der Waals surface area contributed by atoms with E-state index in [4.69, 9.17) is 9.47 Å². The van der Waals surface area contributed by atoms with Gasteiger partial charge in [-0.15, -0.1) is 0 Å². The average Bonchev–Trinajstić information content (AvgIpc) is 2.52. The van der Waals surface area contributed by atoms with Crippen molar-refractivity contribution in [2.75, 3.05) is 13.1 Å². The van der Waals surface area contributed by atoms with Crippen LogP contribution in [0.5, 0.6) is 0 Å². The Bertz CT molecular complexity index is 554. The number of ether oxygens (including phenoxy) is 2. The second-order valence-corrected chi connectivity index (χ2v) is 6.97. The maximum Gasteiger partial charge on any atom is 0.410 e. The van der Waals surface area contributed by atoms with Gasteiger partial charge in [-0.05, 0) is 39.2 Å². The van der Waals surface area contributed by atoms with Crippen LogP contribution in [0.1, 0.15) is 39.2 Å². The van der Waals surface area contributed by atoms with Gasteiger partial charge in [0.1, 0.15) is 12.2 Å². The molecule has 0 bridgehead atoms. The topological polar surface area (TPSA) is 67.9 Å². The Balaban J connectivity index is 1.79. The van der Waals surface area contributed by atoms with Crippen molar-refractivity contribution in [2.24, 2.45) is 0 Å². The van der Waals surface area contributed by atoms with Gasteiger partial charge in [0.25, 0.3) is 0 Å². The molecule has 0 unspecified atom stereocenters. The lowest BCUT2D eigenvalue weighted by atomic mass is 10.1. The molecule has 1 fully saturated rings. The van der Waals surface area contributed by atoms with Crippen molar-refractivity contribution in [2.45, 2.75) is 51.9 Å². The predicted octanol–water partition coefficient (Wildman–Crippen LogP) is 3.31. The molecule has 1 saturated heterocycles. The zero-order valence-electron chi connectivity index (χ0n) is 14.6. The molecule has 1 atom stereocenters. The maximum atomic E-state index is 12.2. The van der Waals surface area contributed by atoms with Crippen LogP contribution in [0.15, 0.2) is 30.3 Å². The number of nitrogens with one attached hydrogen (secondary N) is 1. The number of carbonyl (C=O) groups is 2. The van der Waals surface area contributed by atoms with Gasteiger partial charge in [0.15, 0.2) is 0 Å². The molecule has 0 spiro atoms. The minimum Gasteiger partial charge on any atom is -0.445 e. The Labute approximate surface area is 143 Å². The van der Waals surface area contributed by atoms with Crippen molar-refractivity contribution in [3.8, 4) is 0 Å². The van der Waals surface area contributed by atoms with Crippen molar-refractivity contribution in [1.82, 2.24) is 10.2 Å². The van der Waals surface area contributed by atoms with E-state index in [1.54, 1.807) is 4.90 Å². The first kappa shape index (κ1) is 18.1. The van der Waals surface area contributed by atoms with Crippen LogP contribution < -0.4 is 5.32 Å². The van der Waals surface area contributed by atoms with Crippen LogP contribution in [-0.2, 0) is 16.1 Å². The van der Waals surface area contributed by atoms with E-state index < -0.39 is 11.7 Å². The number of rotatable bonds is 3. The molecular formula is C18H26N2O4. The summed E-state index contributed by atoms with van der Waals surface area (Å²) in [7, 11) is 0. The molecule has 0 radical (unpaired) electrons. The van der Waals surface area contributed by atoms with Crippen molar-refractivity contribution in [3.63, 3.8) is 0 Å². The van der Waals surface area contributed by atoms with Crippen LogP contribution >= 0.6 is 0 Å². The van der Waals surface area contributed by atoms with Crippen molar-refractivity contribution >= 4 is 12.2 Å². The zero-order valence-corrected chi connectivity index (χ0v) is 14.6. The standard InChI is InChI=1S/C18H26N2O4/c1-18(2,3)24-16(21)19-15-10-7-11-20(12-15)17(22)23-13-14-8-5-4-6-9-14/h4-6,8-9,15H,7,10-13H2,1-3H3,(H,19,21)/t15-/m1/s1. The van der Waals surface area contributed by atoms with Gasteiger partial charge in [-0.1, -0.05) is 30.3 Å². The molecule has 6 nitrogen and oxygen atoms in total. The fourth-order valence-electron chi connectivity index (χ4n) is 2.55. The smallest absolute Gasteiger partial charge is 0.410 e. The van der Waals surface area contributed by atoms with Gasteiger partial charge < -0.3 is 19.7 Å². The molecule has 1 aromatic carbocycles. The first-order valence-electron chi connectivity index (χ1n) is 8.28. The SMILES string of the molecule is CC(C)(C)OC(=O)N[C@@H]1CCCN(C(=O)OCc2ccccc2)C1. The summed E-state index contributed by atoms with van der Waals surface area (Å²) < 4.78 is 10.6. The molecule has 1 aliphatic heterocycles. The maximum absolute atomic E-state index is 12.2. The summed E-state index contributed by atoms with van der Waals surface area (Å²) >= 11 is 0. The normalized spacial score (nSPS) is 18.0. The zero-order chi connectivity index (χ0) is 17.6. The van der Waals surface area contributed by atoms with Gasteiger partial charge >= 0.3 is 12.2 Å². The summed E-state index contributed by atoms with van der Waals surface area (Å²) in [6, 6.07) is 9.45. The second-order valence-electron chi connectivity index (χ2n) is 6.97. The Kier molecular flexibility index (Phi) is 6.06. The van der Waals surface area contributed by atoms with E-state index in [-0.39, 0.29) is 18.7 Å². The number of nitrogens with zero attached hydrogens (tertiary/aromatic N) is 1. The minimum atomic E-state index is -0.535. The first-order valence-corrected chi connectivity index (χ1v) is 8.28. The number of hydrogen-bond acceptors (Lipinski definition) is 4. The molecule has 0 aromatic heterocycles. The van der Waals surface area contributed by atoms with Gasteiger partial charge in [0, 0.05) is 19.1 Å². The third-order valence-electron chi connectivity index (χ3n) is 3.61. The molecule has 2 rings (SSSR count). The Morgan fingerprint density at radius 2 is 1.96 bits per heavy atom. The Morgan fingerprint density at radius 1 is 1.25 bits per heavy atom. The molecule has 1 N–H and O–H groups in total. The van der Waals surface area contributed by atoms with Crippen LogP contribution in [0, 0.1) is 0 Å². The summed E-state index contributed by atoms with van der Waals surface area (Å²) in [6.45, 7) is 6.79. The largest absolute Gasteiger partial charge is 0.445 e. The number of likely N-dealkylation sites (tertiary alicyclic amines) is 1. The Hall–Kier alpha value is -2.24.